The van der Waals surface area contributed by atoms with E-state index in [-0.39, 0.29) is 6.10 Å². The first-order valence-electron chi connectivity index (χ1n) is 6.97. The number of aliphatic hydroxyl groups is 1. The number of hydrogen-bond donors (Lipinski definition) is 1. The number of aliphatic hydroxyl groups excluding tert-OH is 1. The Labute approximate surface area is 120 Å². The maximum absolute atomic E-state index is 9.58. The van der Waals surface area contributed by atoms with Gasteiger partial charge in [0.15, 0.2) is 0 Å². The van der Waals surface area contributed by atoms with Crippen molar-refractivity contribution in [1.29, 1.82) is 0 Å². The van der Waals surface area contributed by atoms with Crippen LogP contribution < -0.4 is 0 Å². The van der Waals surface area contributed by atoms with Crippen LogP contribution in [-0.2, 0) is 0 Å². The second-order valence-electron chi connectivity index (χ2n) is 5.24. The molecular formula is C15H24N2OS. The highest BCUT2D eigenvalue weighted by Crippen LogP contribution is 2.22. The number of piperazine rings is 1. The van der Waals surface area contributed by atoms with Gasteiger partial charge in [0.05, 0.1) is 6.10 Å². The molecule has 0 bridgehead atoms. The molecule has 106 valence electrons. The maximum Gasteiger partial charge on any atom is 0.0762 e. The van der Waals surface area contributed by atoms with Gasteiger partial charge in [0.2, 0.25) is 0 Å². The Kier molecular flexibility index (Phi) is 5.70. The van der Waals surface area contributed by atoms with Crippen LogP contribution in [0.25, 0.3) is 0 Å². The van der Waals surface area contributed by atoms with Crippen LogP contribution in [0.2, 0.25) is 0 Å². The van der Waals surface area contributed by atoms with Crippen LogP contribution in [-0.4, -0.2) is 60.4 Å². The Bertz CT molecular complexity index is 389. The highest BCUT2D eigenvalue weighted by molar-refractivity contribution is 7.99. The van der Waals surface area contributed by atoms with Crippen molar-refractivity contribution in [3.05, 3.63) is 29.8 Å². The molecule has 0 radical (unpaired) electrons. The number of benzene rings is 1. The summed E-state index contributed by atoms with van der Waals surface area (Å²) >= 11 is 1.88. The number of nitrogens with zero attached hydrogens (tertiary/aromatic N) is 2. The highest BCUT2D eigenvalue weighted by Gasteiger charge is 2.13. The lowest BCUT2D eigenvalue weighted by atomic mass is 10.1. The second-order valence-corrected chi connectivity index (χ2v) is 6.41. The van der Waals surface area contributed by atoms with E-state index in [4.69, 9.17) is 0 Å². The molecule has 1 aromatic rings. The summed E-state index contributed by atoms with van der Waals surface area (Å²) in [5.74, 6) is 1.12. The van der Waals surface area contributed by atoms with Gasteiger partial charge >= 0.3 is 0 Å². The van der Waals surface area contributed by atoms with Gasteiger partial charge in [0.1, 0.15) is 0 Å². The summed E-state index contributed by atoms with van der Waals surface area (Å²) in [6.45, 7) is 7.70. The van der Waals surface area contributed by atoms with E-state index in [0.29, 0.717) is 0 Å². The molecule has 1 aromatic carbocycles. The molecule has 1 atom stereocenters. The summed E-state index contributed by atoms with van der Waals surface area (Å²) in [4.78, 5) is 6.17. The molecule has 1 fully saturated rings. The molecule has 0 amide bonds. The fourth-order valence-electron chi connectivity index (χ4n) is 2.23. The van der Waals surface area contributed by atoms with E-state index in [1.54, 1.807) is 0 Å². The highest BCUT2D eigenvalue weighted by atomic mass is 32.2. The molecule has 3 nitrogen and oxygen atoms in total. The van der Waals surface area contributed by atoms with Gasteiger partial charge in [-0.15, -0.1) is 11.8 Å². The molecular weight excluding hydrogens is 256 g/mol. The molecule has 1 N–H and O–H groups in total. The van der Waals surface area contributed by atoms with Crippen LogP contribution in [0, 0.1) is 0 Å². The third-order valence-electron chi connectivity index (χ3n) is 3.61. The third kappa shape index (κ3) is 4.80. The van der Waals surface area contributed by atoms with E-state index in [2.05, 4.69) is 29.0 Å². The van der Waals surface area contributed by atoms with Gasteiger partial charge in [0, 0.05) is 43.4 Å². The Morgan fingerprint density at radius 1 is 1.26 bits per heavy atom. The van der Waals surface area contributed by atoms with Crippen molar-refractivity contribution in [2.24, 2.45) is 0 Å². The van der Waals surface area contributed by atoms with Crippen molar-refractivity contribution in [3.63, 3.8) is 0 Å². The largest absolute Gasteiger partial charge is 0.389 e. The topological polar surface area (TPSA) is 26.7 Å². The van der Waals surface area contributed by atoms with E-state index in [0.717, 1.165) is 17.9 Å². The first kappa shape index (κ1) is 14.9. The SMILES string of the molecule is CC(O)c1cccc(SCCN2CCN(C)CC2)c1. The molecule has 1 aliphatic heterocycles. The molecule has 0 saturated carbocycles. The summed E-state index contributed by atoms with van der Waals surface area (Å²) in [7, 11) is 2.19. The Morgan fingerprint density at radius 3 is 2.68 bits per heavy atom. The summed E-state index contributed by atoms with van der Waals surface area (Å²) in [5, 5.41) is 9.58. The van der Waals surface area contributed by atoms with Crippen molar-refractivity contribution in [3.8, 4) is 0 Å². The van der Waals surface area contributed by atoms with Crippen molar-refractivity contribution in [2.45, 2.75) is 17.9 Å². The zero-order chi connectivity index (χ0) is 13.7. The molecule has 0 aliphatic carbocycles. The fourth-order valence-corrected chi connectivity index (χ4v) is 3.21. The lowest BCUT2D eigenvalue weighted by Crippen LogP contribution is -2.45. The van der Waals surface area contributed by atoms with E-state index >= 15 is 0 Å². The number of hydrogen-bond acceptors (Lipinski definition) is 4. The molecule has 1 saturated heterocycles. The molecule has 1 heterocycles. The van der Waals surface area contributed by atoms with E-state index < -0.39 is 0 Å². The second kappa shape index (κ2) is 7.29. The number of thioether (sulfide) groups is 1. The minimum atomic E-state index is -0.377. The van der Waals surface area contributed by atoms with E-state index in [1.165, 1.54) is 31.1 Å². The molecule has 4 heteroatoms. The van der Waals surface area contributed by atoms with Gasteiger partial charge in [0.25, 0.3) is 0 Å². The minimum absolute atomic E-state index is 0.377. The van der Waals surface area contributed by atoms with Crippen molar-refractivity contribution in [2.75, 3.05) is 45.5 Å². The van der Waals surface area contributed by atoms with Gasteiger partial charge in [-0.1, -0.05) is 12.1 Å². The Balaban J connectivity index is 1.75. The van der Waals surface area contributed by atoms with Crippen LogP contribution in [0.5, 0.6) is 0 Å². The van der Waals surface area contributed by atoms with Crippen LogP contribution in [0.3, 0.4) is 0 Å². The zero-order valence-corrected chi connectivity index (χ0v) is 12.7. The summed E-state index contributed by atoms with van der Waals surface area (Å²) in [6.07, 6.45) is -0.377. The van der Waals surface area contributed by atoms with Crippen LogP contribution in [0.15, 0.2) is 29.2 Å². The van der Waals surface area contributed by atoms with E-state index in [9.17, 15) is 5.11 Å². The predicted octanol–water partition coefficient (Wildman–Crippen LogP) is 2.08. The maximum atomic E-state index is 9.58. The van der Waals surface area contributed by atoms with Crippen LogP contribution in [0.1, 0.15) is 18.6 Å². The Morgan fingerprint density at radius 2 is 2.00 bits per heavy atom. The smallest absolute Gasteiger partial charge is 0.0762 e. The summed E-state index contributed by atoms with van der Waals surface area (Å²) in [6, 6.07) is 8.23. The van der Waals surface area contributed by atoms with E-state index in [1.807, 2.05) is 30.8 Å². The van der Waals surface area contributed by atoms with Gasteiger partial charge in [-0.25, -0.2) is 0 Å². The lowest BCUT2D eigenvalue weighted by molar-refractivity contribution is 0.161. The van der Waals surface area contributed by atoms with Crippen molar-refractivity contribution in [1.82, 2.24) is 9.80 Å². The summed E-state index contributed by atoms with van der Waals surface area (Å²) < 4.78 is 0. The average Bonchev–Trinajstić information content (AvgIpc) is 2.41. The molecule has 1 unspecified atom stereocenters. The first-order valence-corrected chi connectivity index (χ1v) is 7.95. The lowest BCUT2D eigenvalue weighted by Gasteiger charge is -2.32. The normalized spacial score (nSPS) is 19.5. The Hall–Kier alpha value is -0.550. The first-order chi connectivity index (χ1) is 9.15. The van der Waals surface area contributed by atoms with Crippen molar-refractivity contribution >= 4 is 11.8 Å². The summed E-state index contributed by atoms with van der Waals surface area (Å²) in [5.41, 5.74) is 1.00. The molecule has 1 aliphatic rings. The minimum Gasteiger partial charge on any atom is -0.389 e. The molecule has 0 spiro atoms. The molecule has 0 aromatic heterocycles. The van der Waals surface area contributed by atoms with Gasteiger partial charge in [-0.3, -0.25) is 4.90 Å². The number of rotatable bonds is 5. The molecule has 2 rings (SSSR count). The quantitative estimate of drug-likeness (QED) is 0.836. The third-order valence-corrected chi connectivity index (χ3v) is 4.59. The van der Waals surface area contributed by atoms with Gasteiger partial charge in [-0.2, -0.15) is 0 Å². The van der Waals surface area contributed by atoms with Gasteiger partial charge in [-0.05, 0) is 31.7 Å². The average molecular weight is 280 g/mol. The fraction of sp³-hybridized carbons (Fsp3) is 0.600. The molecule has 19 heavy (non-hydrogen) atoms. The van der Waals surface area contributed by atoms with Crippen LogP contribution in [0.4, 0.5) is 0 Å². The predicted molar refractivity (Wildman–Crippen MR) is 81.7 cm³/mol. The van der Waals surface area contributed by atoms with Crippen molar-refractivity contribution < 1.29 is 5.11 Å². The number of likely N-dealkylation sites (N-methyl/N-ethyl adjacent to an activating group) is 1. The monoisotopic (exact) mass is 280 g/mol. The zero-order valence-electron chi connectivity index (χ0n) is 11.9. The van der Waals surface area contributed by atoms with Gasteiger partial charge < -0.3 is 10.0 Å². The standard InChI is InChI=1S/C15H24N2OS/c1-13(18)14-4-3-5-15(12-14)19-11-10-17-8-6-16(2)7-9-17/h3-5,12-13,18H,6-11H2,1-2H3. The van der Waals surface area contributed by atoms with Crippen LogP contribution >= 0.6 is 11.8 Å².